The number of ether oxygens (including phenoxy) is 1. The summed E-state index contributed by atoms with van der Waals surface area (Å²) in [5, 5.41) is 4.07. The fraction of sp³-hybridized carbons (Fsp3) is 0.167. The average Bonchev–Trinajstić information content (AvgIpc) is 2.74. The molecule has 1 aromatic carbocycles. The van der Waals surface area contributed by atoms with Crippen molar-refractivity contribution in [2.45, 2.75) is 6.54 Å². The molecule has 6 heteroatoms. The number of nitrogens with zero attached hydrogens (tertiary/aromatic N) is 2. The monoisotopic (exact) mass is 312 g/mol. The van der Waals surface area contributed by atoms with Gasteiger partial charge in [0.2, 0.25) is 0 Å². The Morgan fingerprint density at radius 3 is 2.89 bits per heavy atom. The summed E-state index contributed by atoms with van der Waals surface area (Å²) in [4.78, 5) is 11.2. The third kappa shape index (κ3) is 2.76. The fourth-order valence-electron chi connectivity index (χ4n) is 1.54. The Kier molecular flexibility index (Phi) is 3.76. The van der Waals surface area contributed by atoms with Crippen molar-refractivity contribution in [3.63, 3.8) is 0 Å². The molecule has 0 saturated heterocycles. The Morgan fingerprint density at radius 2 is 2.33 bits per heavy atom. The van der Waals surface area contributed by atoms with Gasteiger partial charge in [0.05, 0.1) is 29.9 Å². The number of rotatable bonds is 3. The summed E-state index contributed by atoms with van der Waals surface area (Å²) in [6.07, 6.45) is 3.44. The largest absolute Gasteiger partial charge is 0.465 e. The van der Waals surface area contributed by atoms with Gasteiger partial charge < -0.3 is 4.74 Å². The molecule has 0 unspecified atom stereocenters. The molecule has 0 aliphatic rings. The van der Waals surface area contributed by atoms with Crippen LogP contribution in [0.1, 0.15) is 15.9 Å². The molecule has 2 aromatic rings. The van der Waals surface area contributed by atoms with Crippen molar-refractivity contribution in [3.05, 3.63) is 52.0 Å². The van der Waals surface area contributed by atoms with Crippen LogP contribution >= 0.6 is 15.9 Å². The second-order valence-electron chi connectivity index (χ2n) is 3.66. The molecule has 2 rings (SSSR count). The lowest BCUT2D eigenvalue weighted by Gasteiger charge is -2.05. The van der Waals surface area contributed by atoms with Crippen LogP contribution in [0.5, 0.6) is 0 Å². The highest BCUT2D eigenvalue weighted by Gasteiger charge is 2.12. The zero-order valence-electron chi connectivity index (χ0n) is 9.56. The van der Waals surface area contributed by atoms with Crippen LogP contribution in [0.25, 0.3) is 0 Å². The highest BCUT2D eigenvalue weighted by Crippen LogP contribution is 2.14. The number of benzene rings is 1. The minimum atomic E-state index is -0.680. The Hall–Kier alpha value is -1.69. The van der Waals surface area contributed by atoms with Gasteiger partial charge in [0, 0.05) is 6.20 Å². The Bertz CT molecular complexity index is 583. The van der Waals surface area contributed by atoms with Gasteiger partial charge in [-0.25, -0.2) is 9.18 Å². The molecule has 94 valence electrons. The molecule has 1 aromatic heterocycles. The smallest absolute Gasteiger partial charge is 0.340 e. The number of methoxy groups -OCH3 is 1. The van der Waals surface area contributed by atoms with E-state index in [-0.39, 0.29) is 5.56 Å². The molecule has 0 spiro atoms. The predicted octanol–water partition coefficient (Wildman–Crippen LogP) is 2.62. The fourth-order valence-corrected chi connectivity index (χ4v) is 1.87. The van der Waals surface area contributed by atoms with Gasteiger partial charge in [0.1, 0.15) is 5.82 Å². The van der Waals surface area contributed by atoms with Crippen LogP contribution in [0.2, 0.25) is 0 Å². The van der Waals surface area contributed by atoms with Crippen molar-refractivity contribution in [2.75, 3.05) is 7.11 Å². The molecule has 0 amide bonds. The van der Waals surface area contributed by atoms with Gasteiger partial charge in [-0.3, -0.25) is 4.68 Å². The van der Waals surface area contributed by atoms with E-state index in [4.69, 9.17) is 0 Å². The van der Waals surface area contributed by atoms with Crippen LogP contribution in [0.4, 0.5) is 4.39 Å². The van der Waals surface area contributed by atoms with Crippen LogP contribution in [0, 0.1) is 5.82 Å². The van der Waals surface area contributed by atoms with Gasteiger partial charge in [-0.2, -0.15) is 5.10 Å². The summed E-state index contributed by atoms with van der Waals surface area (Å²) < 4.78 is 20.7. The maximum absolute atomic E-state index is 13.7. The molecule has 0 aliphatic carbocycles. The first-order valence-electron chi connectivity index (χ1n) is 5.15. The summed E-state index contributed by atoms with van der Waals surface area (Å²) in [7, 11) is 1.22. The molecule has 0 saturated carbocycles. The third-order valence-corrected chi connectivity index (χ3v) is 2.79. The van der Waals surface area contributed by atoms with Crippen LogP contribution in [-0.2, 0) is 11.3 Å². The predicted molar refractivity (Wildman–Crippen MR) is 66.8 cm³/mol. The first-order chi connectivity index (χ1) is 8.60. The van der Waals surface area contributed by atoms with Crippen molar-refractivity contribution in [1.82, 2.24) is 9.78 Å². The Balaban J connectivity index is 2.21. The average molecular weight is 313 g/mol. The SMILES string of the molecule is COC(=O)c1ccc(Cn2cc(Br)cn2)cc1F. The normalized spacial score (nSPS) is 10.4. The number of esters is 1. The number of carbonyl (C=O) groups excluding carboxylic acids is 1. The lowest BCUT2D eigenvalue weighted by atomic mass is 10.1. The van der Waals surface area contributed by atoms with E-state index in [9.17, 15) is 9.18 Å². The van der Waals surface area contributed by atoms with E-state index in [0.717, 1.165) is 10.0 Å². The quantitative estimate of drug-likeness (QED) is 0.818. The van der Waals surface area contributed by atoms with Crippen molar-refractivity contribution in [3.8, 4) is 0 Å². The molecule has 0 N–H and O–H groups in total. The van der Waals surface area contributed by atoms with Gasteiger partial charge in [-0.1, -0.05) is 6.07 Å². The number of aromatic nitrogens is 2. The summed E-state index contributed by atoms with van der Waals surface area (Å²) in [6.45, 7) is 0.434. The molecular weight excluding hydrogens is 303 g/mol. The Labute approximate surface area is 111 Å². The molecule has 1 heterocycles. The van der Waals surface area contributed by atoms with Crippen LogP contribution in [0.15, 0.2) is 35.1 Å². The van der Waals surface area contributed by atoms with Crippen LogP contribution in [-0.4, -0.2) is 22.9 Å². The molecule has 18 heavy (non-hydrogen) atoms. The topological polar surface area (TPSA) is 44.1 Å². The van der Waals surface area contributed by atoms with E-state index < -0.39 is 11.8 Å². The minimum absolute atomic E-state index is 0.0668. The van der Waals surface area contributed by atoms with Crippen molar-refractivity contribution >= 4 is 21.9 Å². The van der Waals surface area contributed by atoms with Gasteiger partial charge in [-0.15, -0.1) is 0 Å². The summed E-state index contributed by atoms with van der Waals surface area (Å²) in [5.74, 6) is -1.27. The zero-order chi connectivity index (χ0) is 13.1. The molecule has 0 fully saturated rings. The van der Waals surface area contributed by atoms with Gasteiger partial charge in [0.25, 0.3) is 0 Å². The Morgan fingerprint density at radius 1 is 1.56 bits per heavy atom. The standard InChI is InChI=1S/C12H10BrFN2O2/c1-18-12(17)10-3-2-8(4-11(10)14)6-16-7-9(13)5-15-16/h2-5,7H,6H2,1H3. The number of halogens is 2. The van der Waals surface area contributed by atoms with E-state index in [1.54, 1.807) is 23.1 Å². The first-order valence-corrected chi connectivity index (χ1v) is 5.94. The molecule has 4 nitrogen and oxygen atoms in total. The number of hydrogen-bond donors (Lipinski definition) is 0. The van der Waals surface area contributed by atoms with E-state index in [1.165, 1.54) is 19.2 Å². The summed E-state index contributed by atoms with van der Waals surface area (Å²) in [6, 6.07) is 4.39. The van der Waals surface area contributed by atoms with E-state index in [0.29, 0.717) is 6.54 Å². The van der Waals surface area contributed by atoms with Crippen molar-refractivity contribution in [1.29, 1.82) is 0 Å². The number of hydrogen-bond acceptors (Lipinski definition) is 3. The van der Waals surface area contributed by atoms with E-state index >= 15 is 0 Å². The highest BCUT2D eigenvalue weighted by atomic mass is 79.9. The molecule has 0 bridgehead atoms. The molecular formula is C12H10BrFN2O2. The third-order valence-electron chi connectivity index (χ3n) is 2.39. The van der Waals surface area contributed by atoms with Crippen molar-refractivity contribution in [2.24, 2.45) is 0 Å². The van der Waals surface area contributed by atoms with E-state index in [2.05, 4.69) is 25.8 Å². The van der Waals surface area contributed by atoms with Gasteiger partial charge in [0.15, 0.2) is 0 Å². The maximum atomic E-state index is 13.7. The van der Waals surface area contributed by atoms with Crippen molar-refractivity contribution < 1.29 is 13.9 Å². The van der Waals surface area contributed by atoms with Crippen LogP contribution in [0.3, 0.4) is 0 Å². The lowest BCUT2D eigenvalue weighted by Crippen LogP contribution is -2.06. The molecule has 0 radical (unpaired) electrons. The summed E-state index contributed by atoms with van der Waals surface area (Å²) in [5.41, 5.74) is 0.652. The molecule has 0 atom stereocenters. The lowest BCUT2D eigenvalue weighted by molar-refractivity contribution is 0.0595. The van der Waals surface area contributed by atoms with Gasteiger partial charge in [-0.05, 0) is 33.6 Å². The second kappa shape index (κ2) is 5.30. The second-order valence-corrected chi connectivity index (χ2v) is 4.58. The zero-order valence-corrected chi connectivity index (χ0v) is 11.1. The minimum Gasteiger partial charge on any atom is -0.465 e. The maximum Gasteiger partial charge on any atom is 0.340 e. The van der Waals surface area contributed by atoms with Gasteiger partial charge >= 0.3 is 5.97 Å². The summed E-state index contributed by atoms with van der Waals surface area (Å²) >= 11 is 3.28. The first kappa shape index (κ1) is 12.8. The van der Waals surface area contributed by atoms with E-state index in [1.807, 2.05) is 0 Å². The number of carbonyl (C=O) groups is 1. The highest BCUT2D eigenvalue weighted by molar-refractivity contribution is 9.10. The molecule has 0 aliphatic heterocycles. The van der Waals surface area contributed by atoms with Crippen LogP contribution < -0.4 is 0 Å².